The number of amides is 1. The highest BCUT2D eigenvalue weighted by molar-refractivity contribution is 6.30. The predicted molar refractivity (Wildman–Crippen MR) is 101 cm³/mol. The Morgan fingerprint density at radius 3 is 2.12 bits per heavy atom. The fraction of sp³-hybridized carbons (Fsp3) is 0.350. The maximum Gasteiger partial charge on any atom is 0.412 e. The van der Waals surface area contributed by atoms with E-state index in [4.69, 9.17) is 16.3 Å². The third-order valence-corrected chi connectivity index (χ3v) is 4.08. The van der Waals surface area contributed by atoms with Gasteiger partial charge >= 0.3 is 6.09 Å². The normalized spacial score (nSPS) is 13.9. The maximum atomic E-state index is 11.9. The van der Waals surface area contributed by atoms with E-state index >= 15 is 0 Å². The van der Waals surface area contributed by atoms with E-state index < -0.39 is 17.3 Å². The minimum Gasteiger partial charge on any atom is -0.444 e. The van der Waals surface area contributed by atoms with Crippen LogP contribution in [0.3, 0.4) is 0 Å². The Morgan fingerprint density at radius 2 is 1.60 bits per heavy atom. The molecular weight excluding hydrogens is 338 g/mol. The molecule has 0 saturated carbocycles. The Kier molecular flexibility index (Phi) is 5.45. The molecule has 2 N–H and O–H groups in total. The summed E-state index contributed by atoms with van der Waals surface area (Å²) in [5.74, 6) is 0. The van der Waals surface area contributed by atoms with Crippen LogP contribution in [0.4, 0.5) is 10.5 Å². The molecule has 134 valence electrons. The van der Waals surface area contributed by atoms with Gasteiger partial charge in [-0.25, -0.2) is 4.79 Å². The van der Waals surface area contributed by atoms with Gasteiger partial charge in [0, 0.05) is 10.7 Å². The number of carbonyl (C=O) groups excluding carboxylic acids is 1. The van der Waals surface area contributed by atoms with E-state index in [9.17, 15) is 9.90 Å². The number of carbonyl (C=O) groups is 1. The van der Waals surface area contributed by atoms with Gasteiger partial charge in [0.25, 0.3) is 0 Å². The Balaban J connectivity index is 2.23. The van der Waals surface area contributed by atoms with Crippen LogP contribution >= 0.6 is 11.6 Å². The summed E-state index contributed by atoms with van der Waals surface area (Å²) in [7, 11) is 0. The van der Waals surface area contributed by atoms with Crippen molar-refractivity contribution in [2.24, 2.45) is 0 Å². The minimum absolute atomic E-state index is 0.507. The first-order valence-corrected chi connectivity index (χ1v) is 8.46. The summed E-state index contributed by atoms with van der Waals surface area (Å²) < 4.78 is 5.26. The molecule has 1 atom stereocenters. The zero-order valence-electron chi connectivity index (χ0n) is 15.2. The van der Waals surface area contributed by atoms with Gasteiger partial charge in [-0.1, -0.05) is 35.9 Å². The SMILES string of the molecule is Cc1cc(C(C)(O)c2ccc(Cl)cc2)ccc1NC(=O)OC(C)(C)C. The zero-order chi connectivity index (χ0) is 18.8. The number of hydrogen-bond donors (Lipinski definition) is 2. The van der Waals surface area contributed by atoms with Gasteiger partial charge in [-0.2, -0.15) is 0 Å². The molecule has 0 fully saturated rings. The van der Waals surface area contributed by atoms with Crippen molar-refractivity contribution in [2.45, 2.75) is 45.8 Å². The number of hydrogen-bond acceptors (Lipinski definition) is 3. The topological polar surface area (TPSA) is 58.6 Å². The molecule has 4 nitrogen and oxygen atoms in total. The largest absolute Gasteiger partial charge is 0.444 e. The molecule has 0 radical (unpaired) electrons. The van der Waals surface area contributed by atoms with Gasteiger partial charge in [-0.15, -0.1) is 0 Å². The third kappa shape index (κ3) is 4.97. The van der Waals surface area contributed by atoms with E-state index in [-0.39, 0.29) is 0 Å². The molecule has 0 spiro atoms. The van der Waals surface area contributed by atoms with Crippen LogP contribution in [0, 0.1) is 6.92 Å². The Labute approximate surface area is 153 Å². The van der Waals surface area contributed by atoms with Gasteiger partial charge in [-0.05, 0) is 69.5 Å². The first-order valence-electron chi connectivity index (χ1n) is 8.08. The van der Waals surface area contributed by atoms with E-state index in [2.05, 4.69) is 5.32 Å². The van der Waals surface area contributed by atoms with Crippen molar-refractivity contribution in [1.29, 1.82) is 0 Å². The van der Waals surface area contributed by atoms with Crippen LogP contribution in [-0.2, 0) is 10.3 Å². The fourth-order valence-corrected chi connectivity index (χ4v) is 2.59. The average molecular weight is 362 g/mol. The quantitative estimate of drug-likeness (QED) is 0.784. The highest BCUT2D eigenvalue weighted by Crippen LogP contribution is 2.32. The summed E-state index contributed by atoms with van der Waals surface area (Å²) >= 11 is 5.91. The number of rotatable bonds is 3. The molecule has 2 rings (SSSR count). The Bertz CT molecular complexity index is 762. The monoisotopic (exact) mass is 361 g/mol. The highest BCUT2D eigenvalue weighted by Gasteiger charge is 2.26. The second-order valence-electron chi connectivity index (χ2n) is 7.24. The molecule has 1 amide bonds. The second kappa shape index (κ2) is 7.06. The molecule has 0 aliphatic heterocycles. The third-order valence-electron chi connectivity index (χ3n) is 3.83. The standard InChI is InChI=1S/C20H24ClNO3/c1-13-12-15(20(5,24)14-6-9-16(21)10-7-14)8-11-17(13)22-18(23)25-19(2,3)4/h6-12,24H,1-5H3,(H,22,23). The molecule has 2 aromatic carbocycles. The first-order chi connectivity index (χ1) is 11.5. The summed E-state index contributed by atoms with van der Waals surface area (Å²) in [6, 6.07) is 12.5. The second-order valence-corrected chi connectivity index (χ2v) is 7.67. The lowest BCUT2D eigenvalue weighted by Gasteiger charge is -2.26. The number of nitrogens with one attached hydrogen (secondary N) is 1. The van der Waals surface area contributed by atoms with Crippen molar-refractivity contribution < 1.29 is 14.6 Å². The van der Waals surface area contributed by atoms with Crippen molar-refractivity contribution in [3.63, 3.8) is 0 Å². The molecule has 0 aliphatic rings. The number of anilines is 1. The summed E-state index contributed by atoms with van der Waals surface area (Å²) in [5, 5.41) is 14.3. The van der Waals surface area contributed by atoms with Crippen LogP contribution in [0.5, 0.6) is 0 Å². The lowest BCUT2D eigenvalue weighted by Crippen LogP contribution is -2.27. The van der Waals surface area contributed by atoms with Crippen LogP contribution < -0.4 is 5.32 Å². The van der Waals surface area contributed by atoms with Gasteiger partial charge < -0.3 is 9.84 Å². The number of ether oxygens (including phenoxy) is 1. The molecule has 0 saturated heterocycles. The van der Waals surface area contributed by atoms with Gasteiger partial charge in [0.15, 0.2) is 0 Å². The lowest BCUT2D eigenvalue weighted by atomic mass is 9.87. The van der Waals surface area contributed by atoms with E-state index in [0.29, 0.717) is 10.7 Å². The molecule has 1 unspecified atom stereocenters. The molecule has 5 heteroatoms. The van der Waals surface area contributed by atoms with Gasteiger partial charge in [0.2, 0.25) is 0 Å². The highest BCUT2D eigenvalue weighted by atomic mass is 35.5. The number of benzene rings is 2. The van der Waals surface area contributed by atoms with Crippen molar-refractivity contribution >= 4 is 23.4 Å². The van der Waals surface area contributed by atoms with Crippen molar-refractivity contribution in [3.8, 4) is 0 Å². The fourth-order valence-electron chi connectivity index (χ4n) is 2.46. The van der Waals surface area contributed by atoms with Crippen LogP contribution in [0.1, 0.15) is 44.4 Å². The van der Waals surface area contributed by atoms with Crippen molar-refractivity contribution in [3.05, 3.63) is 64.2 Å². The summed E-state index contributed by atoms with van der Waals surface area (Å²) in [6.07, 6.45) is -0.507. The van der Waals surface area contributed by atoms with E-state index in [1.165, 1.54) is 0 Å². The number of aryl methyl sites for hydroxylation is 1. The molecule has 0 aliphatic carbocycles. The first kappa shape index (κ1) is 19.3. The molecule has 0 heterocycles. The van der Waals surface area contributed by atoms with Crippen LogP contribution in [0.25, 0.3) is 0 Å². The predicted octanol–water partition coefficient (Wildman–Crippen LogP) is 5.25. The number of aliphatic hydroxyl groups is 1. The minimum atomic E-state index is -1.17. The molecular formula is C20H24ClNO3. The summed E-state index contributed by atoms with van der Waals surface area (Å²) in [4.78, 5) is 11.9. The molecule has 0 bridgehead atoms. The van der Waals surface area contributed by atoms with E-state index in [0.717, 1.165) is 16.7 Å². The van der Waals surface area contributed by atoms with E-state index in [1.807, 2.05) is 33.8 Å². The van der Waals surface area contributed by atoms with Crippen molar-refractivity contribution in [2.75, 3.05) is 5.32 Å². The van der Waals surface area contributed by atoms with Crippen LogP contribution in [-0.4, -0.2) is 16.8 Å². The zero-order valence-corrected chi connectivity index (χ0v) is 15.9. The molecule has 25 heavy (non-hydrogen) atoms. The average Bonchev–Trinajstić information content (AvgIpc) is 2.47. The van der Waals surface area contributed by atoms with Crippen LogP contribution in [0.2, 0.25) is 5.02 Å². The van der Waals surface area contributed by atoms with Gasteiger partial charge in [-0.3, -0.25) is 5.32 Å². The summed E-state index contributed by atoms with van der Waals surface area (Å²) in [5.41, 5.74) is 1.21. The Morgan fingerprint density at radius 1 is 1.04 bits per heavy atom. The van der Waals surface area contributed by atoms with Gasteiger partial charge in [0.1, 0.15) is 11.2 Å². The van der Waals surface area contributed by atoms with Crippen LogP contribution in [0.15, 0.2) is 42.5 Å². The molecule has 2 aromatic rings. The Hall–Kier alpha value is -2.04. The smallest absolute Gasteiger partial charge is 0.412 e. The lowest BCUT2D eigenvalue weighted by molar-refractivity contribution is 0.0636. The summed E-state index contributed by atoms with van der Waals surface area (Å²) in [6.45, 7) is 9.03. The van der Waals surface area contributed by atoms with E-state index in [1.54, 1.807) is 43.3 Å². The number of halogens is 1. The van der Waals surface area contributed by atoms with Gasteiger partial charge in [0.05, 0.1) is 0 Å². The maximum absolute atomic E-state index is 11.9. The molecule has 0 aromatic heterocycles. The van der Waals surface area contributed by atoms with Crippen molar-refractivity contribution in [1.82, 2.24) is 0 Å².